The second-order valence-corrected chi connectivity index (χ2v) is 7.37. The van der Waals surface area contributed by atoms with Crippen LogP contribution in [0.5, 0.6) is 0 Å². The highest BCUT2D eigenvalue weighted by Crippen LogP contribution is 2.29. The zero-order chi connectivity index (χ0) is 19.0. The van der Waals surface area contributed by atoms with Gasteiger partial charge in [0, 0.05) is 46.9 Å². The van der Waals surface area contributed by atoms with E-state index in [-0.39, 0.29) is 5.91 Å². The molecular formula is C22H22ClN3O. The van der Waals surface area contributed by atoms with E-state index in [0.717, 1.165) is 59.3 Å². The maximum Gasteiger partial charge on any atom is 0.256 e. The standard InChI is InChI=1S/C22H22ClN3O/c1-3-26-11-10-20-17(13-26)21(16-6-4-5-7-19(16)25-20)22(27)24-15-9-8-14(2)18(23)12-15/h4-9,12H,3,10-11,13H2,1-2H3,(H,24,27). The molecule has 0 unspecified atom stereocenters. The van der Waals surface area contributed by atoms with Crippen molar-refractivity contribution in [1.29, 1.82) is 0 Å². The second kappa shape index (κ2) is 7.29. The number of rotatable bonds is 3. The lowest BCUT2D eigenvalue weighted by molar-refractivity contribution is 0.102. The Morgan fingerprint density at radius 2 is 2.07 bits per heavy atom. The highest BCUT2D eigenvalue weighted by atomic mass is 35.5. The monoisotopic (exact) mass is 379 g/mol. The van der Waals surface area contributed by atoms with E-state index in [2.05, 4.69) is 17.1 Å². The van der Waals surface area contributed by atoms with E-state index >= 15 is 0 Å². The Morgan fingerprint density at radius 3 is 2.85 bits per heavy atom. The van der Waals surface area contributed by atoms with Crippen molar-refractivity contribution in [2.24, 2.45) is 0 Å². The average molecular weight is 380 g/mol. The molecule has 0 saturated carbocycles. The molecule has 27 heavy (non-hydrogen) atoms. The number of halogens is 1. The second-order valence-electron chi connectivity index (χ2n) is 6.97. The number of benzene rings is 2. The summed E-state index contributed by atoms with van der Waals surface area (Å²) in [6, 6.07) is 13.5. The molecule has 5 heteroatoms. The Balaban J connectivity index is 1.81. The molecule has 1 amide bonds. The van der Waals surface area contributed by atoms with E-state index in [1.165, 1.54) is 0 Å². The highest BCUT2D eigenvalue weighted by molar-refractivity contribution is 6.31. The largest absolute Gasteiger partial charge is 0.322 e. The van der Waals surface area contributed by atoms with Crippen LogP contribution in [0.25, 0.3) is 10.9 Å². The molecule has 2 aromatic carbocycles. The number of hydrogen-bond acceptors (Lipinski definition) is 3. The van der Waals surface area contributed by atoms with Gasteiger partial charge in [0.15, 0.2) is 0 Å². The highest BCUT2D eigenvalue weighted by Gasteiger charge is 2.25. The normalized spacial score (nSPS) is 14.2. The lowest BCUT2D eigenvalue weighted by Crippen LogP contribution is -2.33. The van der Waals surface area contributed by atoms with Gasteiger partial charge in [0.2, 0.25) is 0 Å². The van der Waals surface area contributed by atoms with E-state index in [4.69, 9.17) is 16.6 Å². The number of para-hydroxylation sites is 1. The first-order valence-corrected chi connectivity index (χ1v) is 9.65. The molecule has 0 spiro atoms. The van der Waals surface area contributed by atoms with Crippen LogP contribution < -0.4 is 5.32 Å². The molecule has 0 radical (unpaired) electrons. The molecule has 1 aliphatic heterocycles. The Hall–Kier alpha value is -2.43. The summed E-state index contributed by atoms with van der Waals surface area (Å²) in [5.41, 5.74) is 5.36. The smallest absolute Gasteiger partial charge is 0.256 e. The zero-order valence-corrected chi connectivity index (χ0v) is 16.3. The molecule has 2 heterocycles. The van der Waals surface area contributed by atoms with Crippen LogP contribution in [0.4, 0.5) is 5.69 Å². The first-order valence-electron chi connectivity index (χ1n) is 9.27. The van der Waals surface area contributed by atoms with Crippen LogP contribution in [0, 0.1) is 6.92 Å². The number of aromatic nitrogens is 1. The molecule has 0 saturated heterocycles. The molecule has 1 aliphatic rings. The minimum Gasteiger partial charge on any atom is -0.322 e. The predicted molar refractivity (Wildman–Crippen MR) is 111 cm³/mol. The zero-order valence-electron chi connectivity index (χ0n) is 15.6. The summed E-state index contributed by atoms with van der Waals surface area (Å²) in [5, 5.41) is 4.57. The number of carbonyl (C=O) groups excluding carboxylic acids is 1. The topological polar surface area (TPSA) is 45.2 Å². The lowest BCUT2D eigenvalue weighted by Gasteiger charge is -2.29. The van der Waals surface area contributed by atoms with Crippen LogP contribution in [0.15, 0.2) is 42.5 Å². The summed E-state index contributed by atoms with van der Waals surface area (Å²) in [5.74, 6) is -0.109. The Kier molecular flexibility index (Phi) is 4.85. The summed E-state index contributed by atoms with van der Waals surface area (Å²) >= 11 is 6.22. The van der Waals surface area contributed by atoms with Crippen molar-refractivity contribution in [3.8, 4) is 0 Å². The number of fused-ring (bicyclic) bond motifs is 2. The number of amides is 1. The molecule has 0 bridgehead atoms. The van der Waals surface area contributed by atoms with Gasteiger partial charge in [-0.2, -0.15) is 0 Å². The van der Waals surface area contributed by atoms with Gasteiger partial charge in [-0.15, -0.1) is 0 Å². The minimum absolute atomic E-state index is 0.109. The molecule has 1 N–H and O–H groups in total. The fourth-order valence-corrected chi connectivity index (χ4v) is 3.82. The average Bonchev–Trinajstić information content (AvgIpc) is 2.68. The first-order chi connectivity index (χ1) is 13.1. The molecular weight excluding hydrogens is 358 g/mol. The number of aryl methyl sites for hydroxylation is 1. The third-order valence-electron chi connectivity index (χ3n) is 5.23. The first kappa shape index (κ1) is 18.0. The van der Waals surface area contributed by atoms with E-state index in [1.54, 1.807) is 6.07 Å². The van der Waals surface area contributed by atoms with Crippen molar-refractivity contribution in [1.82, 2.24) is 9.88 Å². The summed E-state index contributed by atoms with van der Waals surface area (Å²) < 4.78 is 0. The minimum atomic E-state index is -0.109. The molecule has 0 atom stereocenters. The maximum atomic E-state index is 13.3. The molecule has 3 aromatic rings. The SMILES string of the molecule is CCN1CCc2nc3ccccc3c(C(=O)Nc3ccc(C)c(Cl)c3)c2C1. The van der Waals surface area contributed by atoms with Crippen molar-refractivity contribution in [2.45, 2.75) is 26.8 Å². The van der Waals surface area contributed by atoms with Crippen molar-refractivity contribution in [2.75, 3.05) is 18.4 Å². The van der Waals surface area contributed by atoms with Crippen LogP contribution in [-0.4, -0.2) is 28.9 Å². The fraction of sp³-hybridized carbons (Fsp3) is 0.273. The van der Waals surface area contributed by atoms with Gasteiger partial charge >= 0.3 is 0 Å². The fourth-order valence-electron chi connectivity index (χ4n) is 3.64. The van der Waals surface area contributed by atoms with Gasteiger partial charge in [0.25, 0.3) is 5.91 Å². The maximum absolute atomic E-state index is 13.3. The van der Waals surface area contributed by atoms with Gasteiger partial charge in [-0.1, -0.05) is 42.8 Å². The van der Waals surface area contributed by atoms with Crippen molar-refractivity contribution >= 4 is 34.1 Å². The van der Waals surface area contributed by atoms with Gasteiger partial charge in [-0.05, 0) is 37.2 Å². The number of carbonyl (C=O) groups is 1. The number of nitrogens with one attached hydrogen (secondary N) is 1. The molecule has 1 aromatic heterocycles. The molecule has 4 nitrogen and oxygen atoms in total. The molecule has 138 valence electrons. The summed E-state index contributed by atoms with van der Waals surface area (Å²) in [6.07, 6.45) is 0.866. The summed E-state index contributed by atoms with van der Waals surface area (Å²) in [6.45, 7) is 6.78. The van der Waals surface area contributed by atoms with E-state index in [1.807, 2.05) is 43.3 Å². The van der Waals surface area contributed by atoms with Gasteiger partial charge in [0.05, 0.1) is 11.1 Å². The molecule has 0 fully saturated rings. The van der Waals surface area contributed by atoms with Gasteiger partial charge in [-0.3, -0.25) is 14.7 Å². The number of hydrogen-bond donors (Lipinski definition) is 1. The van der Waals surface area contributed by atoms with E-state index in [0.29, 0.717) is 10.7 Å². The van der Waals surface area contributed by atoms with Gasteiger partial charge in [0.1, 0.15) is 0 Å². The van der Waals surface area contributed by atoms with Crippen LogP contribution >= 0.6 is 11.6 Å². The predicted octanol–water partition coefficient (Wildman–Crippen LogP) is 4.83. The number of anilines is 1. The number of pyridine rings is 1. The van der Waals surface area contributed by atoms with Crippen LogP contribution in [-0.2, 0) is 13.0 Å². The van der Waals surface area contributed by atoms with E-state index < -0.39 is 0 Å². The number of nitrogens with zero attached hydrogens (tertiary/aromatic N) is 2. The summed E-state index contributed by atoms with van der Waals surface area (Å²) in [7, 11) is 0. The summed E-state index contributed by atoms with van der Waals surface area (Å²) in [4.78, 5) is 20.5. The van der Waals surface area contributed by atoms with Crippen LogP contribution in [0.3, 0.4) is 0 Å². The van der Waals surface area contributed by atoms with Crippen LogP contribution in [0.1, 0.15) is 34.1 Å². The van der Waals surface area contributed by atoms with Gasteiger partial charge < -0.3 is 5.32 Å². The Labute approximate surface area is 164 Å². The third-order valence-corrected chi connectivity index (χ3v) is 5.64. The molecule has 4 rings (SSSR count). The third kappa shape index (κ3) is 3.43. The van der Waals surface area contributed by atoms with Crippen molar-refractivity contribution < 1.29 is 4.79 Å². The Morgan fingerprint density at radius 1 is 1.26 bits per heavy atom. The Bertz CT molecular complexity index is 1030. The van der Waals surface area contributed by atoms with E-state index in [9.17, 15) is 4.79 Å². The number of likely N-dealkylation sites (N-methyl/N-ethyl adjacent to an activating group) is 1. The van der Waals surface area contributed by atoms with Gasteiger partial charge in [-0.25, -0.2) is 0 Å². The quantitative estimate of drug-likeness (QED) is 0.709. The van der Waals surface area contributed by atoms with Crippen molar-refractivity contribution in [3.63, 3.8) is 0 Å². The van der Waals surface area contributed by atoms with Crippen molar-refractivity contribution in [3.05, 3.63) is 69.9 Å². The van der Waals surface area contributed by atoms with Crippen LogP contribution in [0.2, 0.25) is 5.02 Å². The molecule has 0 aliphatic carbocycles. The lowest BCUT2D eigenvalue weighted by atomic mass is 9.95.